The largest absolute Gasteiger partial charge is 0.231 e. The molecule has 0 N–H and O–H groups in total. The quantitative estimate of drug-likeness (QED) is 0.156. The van der Waals surface area contributed by atoms with Gasteiger partial charge in [0.15, 0.2) is 0 Å². The molecule has 0 radical (unpaired) electrons. The first-order chi connectivity index (χ1) is 28.3. The Kier molecular flexibility index (Phi) is 7.86. The van der Waals surface area contributed by atoms with Crippen LogP contribution in [-0.2, 0) is 0 Å². The highest BCUT2D eigenvalue weighted by Gasteiger charge is 2.24. The summed E-state index contributed by atoms with van der Waals surface area (Å²) in [5.74, 6) is 0. The van der Waals surface area contributed by atoms with E-state index < -0.39 is 0 Å². The smallest absolute Gasteiger partial charge is 0.101 e. The molecule has 0 unspecified atom stereocenters. The second-order valence-corrected chi connectivity index (χ2v) is 14.7. The summed E-state index contributed by atoms with van der Waals surface area (Å²) in [7, 11) is 0. The summed E-state index contributed by atoms with van der Waals surface area (Å²) in [4.78, 5) is 0. The Hall–Kier alpha value is -7.55. The van der Waals surface area contributed by atoms with Gasteiger partial charge in [-0.15, -0.1) is 0 Å². The SMILES string of the molecule is c1ccc(-c2cc3cc(-c4ccccc4)n4nc(-c5ccccc5)c(-c5cccc(-c6c7ccccc7cc7ccccc67)c5)c4c3cc2-c2ccccc2)cc1. The number of nitrogens with zero attached hydrogens (tertiary/aromatic N) is 2. The zero-order chi connectivity index (χ0) is 37.7. The first-order valence-corrected chi connectivity index (χ1v) is 19.5. The Balaban J connectivity index is 1.28. The van der Waals surface area contributed by atoms with Gasteiger partial charge in [-0.1, -0.05) is 188 Å². The maximum Gasteiger partial charge on any atom is 0.101 e. The van der Waals surface area contributed by atoms with E-state index in [1.165, 1.54) is 54.9 Å². The van der Waals surface area contributed by atoms with E-state index >= 15 is 0 Å². The third-order valence-corrected chi connectivity index (χ3v) is 11.3. The topological polar surface area (TPSA) is 17.3 Å². The van der Waals surface area contributed by atoms with Gasteiger partial charge in [-0.3, -0.25) is 0 Å². The van der Waals surface area contributed by atoms with Crippen LogP contribution in [0.2, 0.25) is 0 Å². The minimum atomic E-state index is 0.952. The number of benzene rings is 9. The third-order valence-electron chi connectivity index (χ3n) is 11.3. The molecular weight excluding hydrogens is 689 g/mol. The Bertz CT molecular complexity index is 3200. The summed E-state index contributed by atoms with van der Waals surface area (Å²) in [5, 5.41) is 12.9. The van der Waals surface area contributed by atoms with Gasteiger partial charge in [-0.2, -0.15) is 5.10 Å². The van der Waals surface area contributed by atoms with Crippen LogP contribution < -0.4 is 0 Å². The maximum atomic E-state index is 5.59. The van der Waals surface area contributed by atoms with E-state index in [1.807, 2.05) is 0 Å². The van der Waals surface area contributed by atoms with Crippen molar-refractivity contribution >= 4 is 37.8 Å². The second kappa shape index (κ2) is 13.6. The Morgan fingerprint density at radius 3 is 1.37 bits per heavy atom. The molecule has 0 fully saturated rings. The summed E-state index contributed by atoms with van der Waals surface area (Å²) in [6.45, 7) is 0. The van der Waals surface area contributed by atoms with Gasteiger partial charge in [0.1, 0.15) is 5.69 Å². The molecule has 0 saturated carbocycles. The molecular formula is C55H36N2. The third kappa shape index (κ3) is 5.61. The molecule has 0 spiro atoms. The second-order valence-electron chi connectivity index (χ2n) is 14.7. The predicted molar refractivity (Wildman–Crippen MR) is 240 cm³/mol. The number of hydrogen-bond donors (Lipinski definition) is 0. The number of fused-ring (bicyclic) bond motifs is 5. The number of pyridine rings is 1. The van der Waals surface area contributed by atoms with Crippen LogP contribution in [0.15, 0.2) is 218 Å². The van der Waals surface area contributed by atoms with Crippen molar-refractivity contribution in [3.63, 3.8) is 0 Å². The van der Waals surface area contributed by atoms with Gasteiger partial charge < -0.3 is 0 Å². The van der Waals surface area contributed by atoms with Gasteiger partial charge in [-0.05, 0) is 96.2 Å². The summed E-state index contributed by atoms with van der Waals surface area (Å²) in [6, 6.07) is 78.9. The predicted octanol–water partition coefficient (Wildman–Crippen LogP) is 14.8. The average molecular weight is 725 g/mol. The Morgan fingerprint density at radius 2 is 0.772 bits per heavy atom. The molecule has 266 valence electrons. The van der Waals surface area contributed by atoms with Crippen LogP contribution in [0.4, 0.5) is 0 Å². The first-order valence-electron chi connectivity index (χ1n) is 19.5. The molecule has 0 aliphatic carbocycles. The van der Waals surface area contributed by atoms with Crippen molar-refractivity contribution < 1.29 is 0 Å². The molecule has 0 aliphatic rings. The standard InChI is InChI=1S/C55H36N2/c1-5-18-37(19-6-1)48-34-45-35-51(39-22-9-3-10-23-39)57-55(50(45)36-49(48)38-20-7-2-8-21-38)53(54(56-57)40-24-11-4-12-25-40)44-29-17-28-43(33-44)52-46-30-15-13-26-41(46)32-42-27-14-16-31-47(42)52/h1-36H. The molecule has 57 heavy (non-hydrogen) atoms. The highest BCUT2D eigenvalue weighted by molar-refractivity contribution is 6.15. The minimum Gasteiger partial charge on any atom is -0.231 e. The molecule has 0 saturated heterocycles. The van der Waals surface area contributed by atoms with Crippen molar-refractivity contribution in [2.45, 2.75) is 0 Å². The minimum absolute atomic E-state index is 0.952. The molecule has 11 aromatic rings. The molecule has 0 bridgehead atoms. The first kappa shape index (κ1) is 32.8. The Labute approximate surface area is 331 Å². The van der Waals surface area contributed by atoms with Gasteiger partial charge in [0.05, 0.1) is 11.2 Å². The van der Waals surface area contributed by atoms with Crippen LogP contribution >= 0.6 is 0 Å². The fourth-order valence-electron chi connectivity index (χ4n) is 8.74. The molecule has 2 heteroatoms. The molecule has 0 atom stereocenters. The van der Waals surface area contributed by atoms with Crippen LogP contribution in [0.1, 0.15) is 0 Å². The lowest BCUT2D eigenvalue weighted by molar-refractivity contribution is 0.979. The summed E-state index contributed by atoms with van der Waals surface area (Å²) in [6.07, 6.45) is 0. The lowest BCUT2D eigenvalue weighted by Gasteiger charge is -2.16. The van der Waals surface area contributed by atoms with Crippen LogP contribution in [0.25, 0.3) is 105 Å². The van der Waals surface area contributed by atoms with E-state index in [1.54, 1.807) is 0 Å². The van der Waals surface area contributed by atoms with Crippen molar-refractivity contribution in [1.29, 1.82) is 0 Å². The van der Waals surface area contributed by atoms with Crippen LogP contribution in [0, 0.1) is 0 Å². The van der Waals surface area contributed by atoms with Gasteiger partial charge in [0.2, 0.25) is 0 Å². The summed E-state index contributed by atoms with van der Waals surface area (Å²) < 4.78 is 2.20. The van der Waals surface area contributed by atoms with Crippen LogP contribution in [0.5, 0.6) is 0 Å². The highest BCUT2D eigenvalue weighted by Crippen LogP contribution is 2.46. The van der Waals surface area contributed by atoms with Crippen molar-refractivity contribution in [3.8, 4) is 67.0 Å². The van der Waals surface area contributed by atoms with Crippen molar-refractivity contribution in [3.05, 3.63) is 218 Å². The molecule has 0 amide bonds. The van der Waals surface area contributed by atoms with E-state index in [0.717, 1.165) is 49.9 Å². The number of aromatic nitrogens is 2. The van der Waals surface area contributed by atoms with E-state index in [2.05, 4.69) is 223 Å². The summed E-state index contributed by atoms with van der Waals surface area (Å²) in [5.41, 5.74) is 14.7. The van der Waals surface area contributed by atoms with Crippen molar-refractivity contribution in [1.82, 2.24) is 9.61 Å². The van der Waals surface area contributed by atoms with E-state index in [0.29, 0.717) is 0 Å². The zero-order valence-electron chi connectivity index (χ0n) is 31.2. The molecule has 0 aliphatic heterocycles. The molecule has 2 heterocycles. The van der Waals surface area contributed by atoms with Crippen molar-refractivity contribution in [2.75, 3.05) is 0 Å². The van der Waals surface area contributed by atoms with Crippen LogP contribution in [-0.4, -0.2) is 9.61 Å². The lowest BCUT2D eigenvalue weighted by Crippen LogP contribution is -1.97. The van der Waals surface area contributed by atoms with Gasteiger partial charge in [0, 0.05) is 22.1 Å². The zero-order valence-corrected chi connectivity index (χ0v) is 31.2. The van der Waals surface area contributed by atoms with E-state index in [4.69, 9.17) is 5.10 Å². The maximum absolute atomic E-state index is 5.59. The molecule has 2 nitrogen and oxygen atoms in total. The molecule has 11 rings (SSSR count). The van der Waals surface area contributed by atoms with E-state index in [9.17, 15) is 0 Å². The summed E-state index contributed by atoms with van der Waals surface area (Å²) >= 11 is 0. The number of hydrogen-bond acceptors (Lipinski definition) is 1. The fraction of sp³-hybridized carbons (Fsp3) is 0. The number of rotatable bonds is 6. The normalized spacial score (nSPS) is 11.5. The van der Waals surface area contributed by atoms with Gasteiger partial charge in [0.25, 0.3) is 0 Å². The molecule has 2 aromatic heterocycles. The van der Waals surface area contributed by atoms with E-state index in [-0.39, 0.29) is 0 Å². The Morgan fingerprint density at radius 1 is 0.298 bits per heavy atom. The lowest BCUT2D eigenvalue weighted by atomic mass is 9.88. The monoisotopic (exact) mass is 724 g/mol. The fourth-order valence-corrected chi connectivity index (χ4v) is 8.74. The van der Waals surface area contributed by atoms with Crippen LogP contribution in [0.3, 0.4) is 0 Å². The van der Waals surface area contributed by atoms with Gasteiger partial charge in [-0.25, -0.2) is 4.52 Å². The van der Waals surface area contributed by atoms with Crippen molar-refractivity contribution in [2.24, 2.45) is 0 Å². The van der Waals surface area contributed by atoms with Gasteiger partial charge >= 0.3 is 0 Å². The molecule has 9 aromatic carbocycles. The highest BCUT2D eigenvalue weighted by atomic mass is 15.2. The average Bonchev–Trinajstić information content (AvgIpc) is 3.70.